The van der Waals surface area contributed by atoms with Crippen molar-refractivity contribution in [3.05, 3.63) is 48.0 Å². The fourth-order valence-corrected chi connectivity index (χ4v) is 3.29. The summed E-state index contributed by atoms with van der Waals surface area (Å²) >= 11 is 0. The van der Waals surface area contributed by atoms with Gasteiger partial charge in [-0.3, -0.25) is 4.99 Å². The van der Waals surface area contributed by atoms with Gasteiger partial charge < -0.3 is 19.7 Å². The zero-order valence-electron chi connectivity index (χ0n) is 15.9. The second kappa shape index (κ2) is 9.80. The molecule has 0 spiro atoms. The van der Waals surface area contributed by atoms with Crippen molar-refractivity contribution in [2.45, 2.75) is 20.4 Å². The molecule has 1 fully saturated rings. The highest BCUT2D eigenvalue weighted by molar-refractivity contribution is 14.0. The molecule has 1 saturated heterocycles. The number of nitrogens with one attached hydrogen (secondary N) is 1. The largest absolute Gasteiger partial charge is 0.368 e. The summed E-state index contributed by atoms with van der Waals surface area (Å²) in [6.07, 6.45) is 5.63. The normalized spacial score (nSPS) is 15.0. The molecule has 3 rings (SSSR count). The van der Waals surface area contributed by atoms with E-state index < -0.39 is 0 Å². The van der Waals surface area contributed by atoms with Gasteiger partial charge in [-0.2, -0.15) is 0 Å². The number of halogens is 1. The summed E-state index contributed by atoms with van der Waals surface area (Å²) in [4.78, 5) is 13.3. The number of piperazine rings is 1. The van der Waals surface area contributed by atoms with E-state index in [1.54, 1.807) is 6.20 Å². The van der Waals surface area contributed by atoms with E-state index in [0.717, 1.165) is 45.2 Å². The van der Waals surface area contributed by atoms with Gasteiger partial charge in [-0.25, -0.2) is 4.98 Å². The molecule has 0 aliphatic carbocycles. The zero-order valence-corrected chi connectivity index (χ0v) is 18.2. The highest BCUT2D eigenvalue weighted by Crippen LogP contribution is 2.23. The number of anilines is 1. The lowest BCUT2D eigenvalue weighted by Gasteiger charge is -2.38. The quantitative estimate of drug-likeness (QED) is 0.426. The summed E-state index contributed by atoms with van der Waals surface area (Å²) in [6.45, 7) is 10.1. The second-order valence-corrected chi connectivity index (χ2v) is 6.47. The van der Waals surface area contributed by atoms with Crippen molar-refractivity contribution in [3.8, 4) is 0 Å². The topological polar surface area (TPSA) is 48.7 Å². The Morgan fingerprint density at radius 1 is 1.19 bits per heavy atom. The number of aliphatic imine (C=N–C) groups is 1. The molecule has 0 bridgehead atoms. The molecule has 1 aromatic carbocycles. The highest BCUT2D eigenvalue weighted by atomic mass is 127. The van der Waals surface area contributed by atoms with Crippen LogP contribution in [0.4, 0.5) is 5.69 Å². The Hall–Kier alpha value is -1.77. The number of aryl methyl sites for hydroxylation is 1. The molecule has 7 heteroatoms. The Labute approximate surface area is 173 Å². The van der Waals surface area contributed by atoms with Gasteiger partial charge >= 0.3 is 0 Å². The maximum Gasteiger partial charge on any atom is 0.193 e. The van der Waals surface area contributed by atoms with Gasteiger partial charge in [0.2, 0.25) is 0 Å². The van der Waals surface area contributed by atoms with Crippen LogP contribution >= 0.6 is 24.0 Å². The number of aromatic nitrogens is 2. The van der Waals surface area contributed by atoms with Crippen LogP contribution in [-0.2, 0) is 6.54 Å². The van der Waals surface area contributed by atoms with Crippen molar-refractivity contribution in [2.24, 2.45) is 4.99 Å². The van der Waals surface area contributed by atoms with E-state index in [1.165, 1.54) is 16.8 Å². The van der Waals surface area contributed by atoms with E-state index in [-0.39, 0.29) is 24.0 Å². The summed E-state index contributed by atoms with van der Waals surface area (Å²) in [5.41, 5.74) is 4.11. The van der Waals surface area contributed by atoms with Crippen LogP contribution in [0.5, 0.6) is 0 Å². The van der Waals surface area contributed by atoms with Crippen LogP contribution in [0.1, 0.15) is 11.1 Å². The predicted molar refractivity (Wildman–Crippen MR) is 119 cm³/mol. The molecular formula is C19H29IN6. The Balaban J connectivity index is 0.00000243. The molecule has 0 amide bonds. The van der Waals surface area contributed by atoms with E-state index in [1.807, 2.05) is 19.6 Å². The molecule has 1 aromatic heterocycles. The van der Waals surface area contributed by atoms with Crippen LogP contribution in [0.15, 0.2) is 41.9 Å². The predicted octanol–water partition coefficient (Wildman–Crippen LogP) is 2.52. The monoisotopic (exact) mass is 468 g/mol. The Bertz CT molecular complexity index is 705. The molecule has 142 valence electrons. The summed E-state index contributed by atoms with van der Waals surface area (Å²) < 4.78 is 2.07. The highest BCUT2D eigenvalue weighted by Gasteiger charge is 2.20. The van der Waals surface area contributed by atoms with Crippen molar-refractivity contribution in [1.82, 2.24) is 19.8 Å². The number of hydrogen-bond donors (Lipinski definition) is 1. The Kier molecular flexibility index (Phi) is 7.74. The molecule has 2 heterocycles. The maximum absolute atomic E-state index is 4.45. The average molecular weight is 468 g/mol. The minimum Gasteiger partial charge on any atom is -0.368 e. The molecule has 26 heavy (non-hydrogen) atoms. The van der Waals surface area contributed by atoms with Crippen LogP contribution in [0, 0.1) is 13.8 Å². The number of hydrogen-bond acceptors (Lipinski definition) is 3. The summed E-state index contributed by atoms with van der Waals surface area (Å²) in [5.74, 6) is 0.987. The Morgan fingerprint density at radius 2 is 1.96 bits per heavy atom. The van der Waals surface area contributed by atoms with Crippen LogP contribution in [0.2, 0.25) is 0 Å². The van der Waals surface area contributed by atoms with Crippen LogP contribution in [0.3, 0.4) is 0 Å². The van der Waals surface area contributed by atoms with E-state index >= 15 is 0 Å². The third-order valence-corrected chi connectivity index (χ3v) is 4.92. The lowest BCUT2D eigenvalue weighted by atomic mass is 10.1. The van der Waals surface area contributed by atoms with Crippen molar-refractivity contribution in [2.75, 3.05) is 44.7 Å². The first-order valence-corrected chi connectivity index (χ1v) is 8.91. The standard InChI is InChI=1S/C19H28N6.HI/c1-16-5-4-6-18(17(16)2)24-11-13-25(14-12-24)19(20-3)22-8-10-23-9-7-21-15-23;/h4-7,9,15H,8,10-14H2,1-3H3,(H,20,22);1H. The van der Waals surface area contributed by atoms with Gasteiger partial charge in [0.15, 0.2) is 5.96 Å². The molecule has 0 saturated carbocycles. The van der Waals surface area contributed by atoms with E-state index in [9.17, 15) is 0 Å². The van der Waals surface area contributed by atoms with Crippen LogP contribution in [0.25, 0.3) is 0 Å². The van der Waals surface area contributed by atoms with Crippen LogP contribution in [-0.4, -0.2) is 60.2 Å². The first-order valence-electron chi connectivity index (χ1n) is 8.91. The van der Waals surface area contributed by atoms with E-state index in [4.69, 9.17) is 0 Å². The van der Waals surface area contributed by atoms with Crippen molar-refractivity contribution in [3.63, 3.8) is 0 Å². The summed E-state index contributed by atoms with van der Waals surface area (Å²) in [7, 11) is 1.86. The number of rotatable bonds is 4. The van der Waals surface area contributed by atoms with Gasteiger partial charge in [0.05, 0.1) is 6.33 Å². The molecule has 0 unspecified atom stereocenters. The first-order chi connectivity index (χ1) is 12.2. The van der Waals surface area contributed by atoms with Gasteiger partial charge in [0.1, 0.15) is 0 Å². The fraction of sp³-hybridized carbons (Fsp3) is 0.474. The van der Waals surface area contributed by atoms with E-state index in [0.29, 0.717) is 0 Å². The number of imidazole rings is 1. The van der Waals surface area contributed by atoms with Gasteiger partial charge in [0, 0.05) is 64.4 Å². The minimum atomic E-state index is 0. The molecule has 1 aliphatic rings. The second-order valence-electron chi connectivity index (χ2n) is 6.47. The summed E-state index contributed by atoms with van der Waals surface area (Å²) in [5, 5.41) is 3.46. The Morgan fingerprint density at radius 3 is 2.62 bits per heavy atom. The number of guanidine groups is 1. The van der Waals surface area contributed by atoms with Gasteiger partial charge in [0.25, 0.3) is 0 Å². The third kappa shape index (κ3) is 4.90. The van der Waals surface area contributed by atoms with Gasteiger partial charge in [-0.15, -0.1) is 24.0 Å². The molecule has 1 aliphatic heterocycles. The molecular weight excluding hydrogens is 439 g/mol. The number of nitrogens with zero attached hydrogens (tertiary/aromatic N) is 5. The minimum absolute atomic E-state index is 0. The van der Waals surface area contributed by atoms with Crippen molar-refractivity contribution in [1.29, 1.82) is 0 Å². The smallest absolute Gasteiger partial charge is 0.193 e. The number of benzene rings is 1. The van der Waals surface area contributed by atoms with Crippen molar-refractivity contribution < 1.29 is 0 Å². The molecule has 0 atom stereocenters. The molecule has 0 radical (unpaired) electrons. The first kappa shape index (κ1) is 20.5. The van der Waals surface area contributed by atoms with Gasteiger partial charge in [-0.1, -0.05) is 12.1 Å². The van der Waals surface area contributed by atoms with Crippen molar-refractivity contribution >= 4 is 35.6 Å². The summed E-state index contributed by atoms with van der Waals surface area (Å²) in [6, 6.07) is 6.57. The molecule has 1 N–H and O–H groups in total. The van der Waals surface area contributed by atoms with Crippen LogP contribution < -0.4 is 10.2 Å². The average Bonchev–Trinajstić information content (AvgIpc) is 3.15. The third-order valence-electron chi connectivity index (χ3n) is 4.92. The maximum atomic E-state index is 4.45. The lowest BCUT2D eigenvalue weighted by Crippen LogP contribution is -2.53. The fourth-order valence-electron chi connectivity index (χ4n) is 3.29. The zero-order chi connectivity index (χ0) is 17.6. The SMILES string of the molecule is CN=C(NCCn1ccnc1)N1CCN(c2cccc(C)c2C)CC1.I. The lowest BCUT2D eigenvalue weighted by molar-refractivity contribution is 0.371. The van der Waals surface area contributed by atoms with Gasteiger partial charge in [-0.05, 0) is 31.0 Å². The molecule has 2 aromatic rings. The van der Waals surface area contributed by atoms with E-state index in [2.05, 4.69) is 61.7 Å². The molecule has 6 nitrogen and oxygen atoms in total.